The minimum atomic E-state index is -0.926. The number of anilines is 1. The highest BCUT2D eigenvalue weighted by Gasteiger charge is 2.34. The number of benzene rings is 2. The monoisotopic (exact) mass is 535 g/mol. The molecule has 1 unspecified atom stereocenters. The molecule has 1 aliphatic rings. The van der Waals surface area contributed by atoms with Gasteiger partial charge in [0.25, 0.3) is 11.8 Å². The SMILES string of the molecule is CCC(C)NC(=O)c1cc2c(cc1F)SC[C@H](NC(=O)OC(C)(C)C)C(=O)N2Cc1ccc(Cl)cc1. The van der Waals surface area contributed by atoms with E-state index >= 15 is 4.39 Å². The molecule has 0 fully saturated rings. The zero-order chi connectivity index (χ0) is 26.6. The zero-order valence-electron chi connectivity index (χ0n) is 21.0. The van der Waals surface area contributed by atoms with Gasteiger partial charge in [-0.2, -0.15) is 0 Å². The van der Waals surface area contributed by atoms with Crippen LogP contribution in [0.4, 0.5) is 14.9 Å². The standard InChI is InChI=1S/C26H31ClFN3O4S/c1-6-15(2)29-23(32)18-11-21-22(12-19(18)28)36-14-20(30-25(34)35-26(3,4)5)24(33)31(21)13-16-7-9-17(27)10-8-16/h7-12,15,20H,6,13-14H2,1-5H3,(H,29,32)(H,30,34)/t15?,20-/m0/s1. The van der Waals surface area contributed by atoms with Crippen LogP contribution in [0.2, 0.25) is 5.02 Å². The van der Waals surface area contributed by atoms with Gasteiger partial charge in [-0.15, -0.1) is 11.8 Å². The van der Waals surface area contributed by atoms with Crippen molar-refractivity contribution in [2.24, 2.45) is 0 Å². The summed E-state index contributed by atoms with van der Waals surface area (Å²) in [5, 5.41) is 5.96. The molecule has 0 radical (unpaired) electrons. The summed E-state index contributed by atoms with van der Waals surface area (Å²) in [6.07, 6.45) is -0.0356. The molecule has 3 amide bonds. The van der Waals surface area contributed by atoms with Gasteiger partial charge in [0.15, 0.2) is 0 Å². The Bertz CT molecular complexity index is 1140. The lowest BCUT2D eigenvalue weighted by Gasteiger charge is -2.27. The van der Waals surface area contributed by atoms with E-state index in [4.69, 9.17) is 16.3 Å². The van der Waals surface area contributed by atoms with Crippen LogP contribution in [-0.2, 0) is 16.1 Å². The normalized spacial score (nSPS) is 16.6. The van der Waals surface area contributed by atoms with E-state index in [1.165, 1.54) is 28.8 Å². The molecule has 2 aromatic rings. The molecule has 10 heteroatoms. The first kappa shape index (κ1) is 27.8. The first-order valence-corrected chi connectivity index (χ1v) is 13.1. The summed E-state index contributed by atoms with van der Waals surface area (Å²) >= 11 is 7.24. The molecular formula is C26H31ClFN3O4S. The Morgan fingerprint density at radius 1 is 1.25 bits per heavy atom. The second kappa shape index (κ2) is 11.5. The van der Waals surface area contributed by atoms with Gasteiger partial charge < -0.3 is 20.3 Å². The van der Waals surface area contributed by atoms with E-state index in [2.05, 4.69) is 10.6 Å². The molecule has 0 saturated carbocycles. The molecule has 0 spiro atoms. The Morgan fingerprint density at radius 2 is 1.92 bits per heavy atom. The van der Waals surface area contributed by atoms with Crippen LogP contribution in [-0.4, -0.2) is 41.3 Å². The highest BCUT2D eigenvalue weighted by atomic mass is 35.5. The number of fused-ring (bicyclic) bond motifs is 1. The van der Waals surface area contributed by atoms with E-state index < -0.39 is 35.4 Å². The third-order valence-electron chi connectivity index (χ3n) is 5.49. The fourth-order valence-corrected chi connectivity index (χ4v) is 4.69. The number of nitrogens with one attached hydrogen (secondary N) is 2. The number of carbonyl (C=O) groups excluding carboxylic acids is 3. The zero-order valence-corrected chi connectivity index (χ0v) is 22.6. The van der Waals surface area contributed by atoms with Gasteiger partial charge in [-0.3, -0.25) is 9.59 Å². The molecule has 1 heterocycles. The van der Waals surface area contributed by atoms with Crippen LogP contribution < -0.4 is 15.5 Å². The van der Waals surface area contributed by atoms with Crippen molar-refractivity contribution in [1.82, 2.24) is 10.6 Å². The topological polar surface area (TPSA) is 87.7 Å². The lowest BCUT2D eigenvalue weighted by molar-refractivity contribution is -0.120. The van der Waals surface area contributed by atoms with Crippen molar-refractivity contribution in [3.05, 3.63) is 58.4 Å². The number of alkyl carbamates (subject to hydrolysis) is 1. The molecule has 3 rings (SSSR count). The second-order valence-corrected chi connectivity index (χ2v) is 11.1. The number of halogens is 2. The van der Waals surface area contributed by atoms with Gasteiger partial charge in [-0.1, -0.05) is 30.7 Å². The average Bonchev–Trinajstić information content (AvgIpc) is 2.90. The van der Waals surface area contributed by atoms with Gasteiger partial charge in [0, 0.05) is 21.7 Å². The molecule has 1 aliphatic heterocycles. The van der Waals surface area contributed by atoms with Gasteiger partial charge in [0.05, 0.1) is 17.8 Å². The molecule has 36 heavy (non-hydrogen) atoms. The second-order valence-electron chi connectivity index (χ2n) is 9.64. The van der Waals surface area contributed by atoms with Gasteiger partial charge in [0.2, 0.25) is 0 Å². The number of ether oxygens (including phenoxy) is 1. The number of carbonyl (C=O) groups is 3. The fraction of sp³-hybridized carbons (Fsp3) is 0.423. The van der Waals surface area contributed by atoms with Gasteiger partial charge >= 0.3 is 6.09 Å². The van der Waals surface area contributed by atoms with Gasteiger partial charge in [-0.05, 0) is 63.9 Å². The van der Waals surface area contributed by atoms with Crippen molar-refractivity contribution in [1.29, 1.82) is 0 Å². The van der Waals surface area contributed by atoms with E-state index in [0.29, 0.717) is 22.0 Å². The van der Waals surface area contributed by atoms with Crippen LogP contribution in [0.5, 0.6) is 0 Å². The van der Waals surface area contributed by atoms with Crippen LogP contribution in [0, 0.1) is 5.82 Å². The maximum Gasteiger partial charge on any atom is 0.408 e. The van der Waals surface area contributed by atoms with E-state index in [1.54, 1.807) is 45.0 Å². The first-order valence-electron chi connectivity index (χ1n) is 11.7. The Balaban J connectivity index is 2.00. The minimum absolute atomic E-state index is 0.133. The highest BCUT2D eigenvalue weighted by molar-refractivity contribution is 7.99. The van der Waals surface area contributed by atoms with Crippen LogP contribution in [0.3, 0.4) is 0 Å². The van der Waals surface area contributed by atoms with Crippen LogP contribution in [0.1, 0.15) is 57.0 Å². The summed E-state index contributed by atoms with van der Waals surface area (Å²) in [6.45, 7) is 9.07. The molecular weight excluding hydrogens is 505 g/mol. The number of hydrogen-bond acceptors (Lipinski definition) is 5. The molecule has 2 atom stereocenters. The molecule has 2 N–H and O–H groups in total. The Kier molecular flexibility index (Phi) is 8.89. The Hall–Kier alpha value is -2.78. The number of rotatable bonds is 6. The number of thioether (sulfide) groups is 1. The quantitative estimate of drug-likeness (QED) is 0.507. The largest absolute Gasteiger partial charge is 0.444 e. The van der Waals surface area contributed by atoms with E-state index in [0.717, 1.165) is 5.56 Å². The molecule has 0 aliphatic carbocycles. The summed E-state index contributed by atoms with van der Waals surface area (Å²) < 4.78 is 20.4. The van der Waals surface area contributed by atoms with E-state index in [1.807, 2.05) is 13.8 Å². The van der Waals surface area contributed by atoms with E-state index in [-0.39, 0.29) is 23.9 Å². The first-order chi connectivity index (χ1) is 16.9. The summed E-state index contributed by atoms with van der Waals surface area (Å²) in [4.78, 5) is 40.9. The fourth-order valence-electron chi connectivity index (χ4n) is 3.49. The number of amides is 3. The predicted molar refractivity (Wildman–Crippen MR) is 140 cm³/mol. The molecule has 0 aromatic heterocycles. The summed E-state index contributed by atoms with van der Waals surface area (Å²) in [5.41, 5.74) is 0.278. The maximum absolute atomic E-state index is 15.0. The molecule has 0 bridgehead atoms. The predicted octanol–water partition coefficient (Wildman–Crippen LogP) is 5.54. The number of hydrogen-bond donors (Lipinski definition) is 2. The third-order valence-corrected chi connectivity index (χ3v) is 6.88. The molecule has 194 valence electrons. The van der Waals surface area contributed by atoms with Crippen molar-refractivity contribution >= 4 is 47.0 Å². The smallest absolute Gasteiger partial charge is 0.408 e. The lowest BCUT2D eigenvalue weighted by Crippen LogP contribution is -2.50. The van der Waals surface area contributed by atoms with Crippen molar-refractivity contribution in [3.63, 3.8) is 0 Å². The van der Waals surface area contributed by atoms with Crippen LogP contribution in [0.25, 0.3) is 0 Å². The average molecular weight is 536 g/mol. The molecule has 2 aromatic carbocycles. The minimum Gasteiger partial charge on any atom is -0.444 e. The van der Waals surface area contributed by atoms with Crippen molar-refractivity contribution in [2.45, 2.75) is 70.2 Å². The van der Waals surface area contributed by atoms with Gasteiger partial charge in [-0.25, -0.2) is 9.18 Å². The summed E-state index contributed by atoms with van der Waals surface area (Å²) in [7, 11) is 0. The van der Waals surface area contributed by atoms with Crippen molar-refractivity contribution in [3.8, 4) is 0 Å². The molecule has 7 nitrogen and oxygen atoms in total. The van der Waals surface area contributed by atoms with Crippen LogP contribution >= 0.6 is 23.4 Å². The van der Waals surface area contributed by atoms with Crippen molar-refractivity contribution in [2.75, 3.05) is 10.7 Å². The maximum atomic E-state index is 15.0. The lowest BCUT2D eigenvalue weighted by atomic mass is 10.1. The summed E-state index contributed by atoms with van der Waals surface area (Å²) in [5.74, 6) is -1.47. The number of nitrogens with zero attached hydrogens (tertiary/aromatic N) is 1. The third kappa shape index (κ3) is 7.13. The Labute approximate surface area is 220 Å². The van der Waals surface area contributed by atoms with E-state index in [9.17, 15) is 14.4 Å². The summed E-state index contributed by atoms with van der Waals surface area (Å²) in [6, 6.07) is 8.59. The Morgan fingerprint density at radius 3 is 2.53 bits per heavy atom. The van der Waals surface area contributed by atoms with Gasteiger partial charge in [0.1, 0.15) is 17.5 Å². The highest BCUT2D eigenvalue weighted by Crippen LogP contribution is 2.37. The van der Waals surface area contributed by atoms with Crippen LogP contribution in [0.15, 0.2) is 41.3 Å². The van der Waals surface area contributed by atoms with Crippen molar-refractivity contribution < 1.29 is 23.5 Å². The molecule has 0 saturated heterocycles.